The fourth-order valence-corrected chi connectivity index (χ4v) is 3.82. The van der Waals surface area contributed by atoms with Crippen LogP contribution in [0, 0.1) is 0 Å². The highest BCUT2D eigenvalue weighted by Crippen LogP contribution is 2.24. The number of hydrogen-bond acceptors (Lipinski definition) is 7. The molecule has 0 aliphatic carbocycles. The standard InChI is InChI=1S/C21H23F3N4O5S/c22-21(23,24)33-15-6-4-14(5-7-15)32-12-17(29)26-11-18-27-16(13-34-18)20(31)25-8-2-10-28-9-1-3-19(28)30/h4-7,13H,1-3,8-12H2,(H,25,31)(H,26,29). The van der Waals surface area contributed by atoms with Crippen molar-refractivity contribution in [1.82, 2.24) is 20.5 Å². The molecule has 3 amide bonds. The Balaban J connectivity index is 1.33. The van der Waals surface area contributed by atoms with E-state index in [2.05, 4.69) is 20.4 Å². The number of likely N-dealkylation sites (tertiary alicyclic amines) is 1. The van der Waals surface area contributed by atoms with E-state index in [9.17, 15) is 27.6 Å². The Morgan fingerprint density at radius 1 is 1.15 bits per heavy atom. The average Bonchev–Trinajstić information content (AvgIpc) is 3.42. The molecule has 13 heteroatoms. The summed E-state index contributed by atoms with van der Waals surface area (Å²) < 4.78 is 45.5. The summed E-state index contributed by atoms with van der Waals surface area (Å²) in [5.41, 5.74) is 0.240. The van der Waals surface area contributed by atoms with Gasteiger partial charge in [0, 0.05) is 31.4 Å². The molecule has 2 N–H and O–H groups in total. The van der Waals surface area contributed by atoms with Gasteiger partial charge in [-0.2, -0.15) is 0 Å². The summed E-state index contributed by atoms with van der Waals surface area (Å²) >= 11 is 1.21. The summed E-state index contributed by atoms with van der Waals surface area (Å²) in [6.45, 7) is 1.54. The normalized spacial score (nSPS) is 13.6. The van der Waals surface area contributed by atoms with Crippen LogP contribution in [-0.4, -0.2) is 60.2 Å². The van der Waals surface area contributed by atoms with Gasteiger partial charge in [0.2, 0.25) is 5.91 Å². The van der Waals surface area contributed by atoms with Crippen molar-refractivity contribution in [2.75, 3.05) is 26.2 Å². The summed E-state index contributed by atoms with van der Waals surface area (Å²) in [4.78, 5) is 41.7. The van der Waals surface area contributed by atoms with E-state index in [-0.39, 0.29) is 36.4 Å². The number of benzene rings is 1. The molecule has 1 aliphatic heterocycles. The van der Waals surface area contributed by atoms with E-state index >= 15 is 0 Å². The zero-order chi connectivity index (χ0) is 24.6. The molecule has 184 valence electrons. The number of carbonyl (C=O) groups excluding carboxylic acids is 3. The van der Waals surface area contributed by atoms with E-state index in [1.807, 2.05) is 0 Å². The molecule has 0 saturated carbocycles. The lowest BCUT2D eigenvalue weighted by Crippen LogP contribution is -2.31. The monoisotopic (exact) mass is 500 g/mol. The Morgan fingerprint density at radius 3 is 2.56 bits per heavy atom. The van der Waals surface area contributed by atoms with Crippen molar-refractivity contribution in [3.63, 3.8) is 0 Å². The number of carbonyl (C=O) groups is 3. The fourth-order valence-electron chi connectivity index (χ4n) is 3.11. The number of halogens is 3. The number of nitrogens with one attached hydrogen (secondary N) is 2. The van der Waals surface area contributed by atoms with E-state index in [4.69, 9.17) is 4.74 Å². The van der Waals surface area contributed by atoms with Gasteiger partial charge in [0.25, 0.3) is 11.8 Å². The van der Waals surface area contributed by atoms with E-state index in [1.165, 1.54) is 23.5 Å². The molecular weight excluding hydrogens is 477 g/mol. The van der Waals surface area contributed by atoms with Gasteiger partial charge in [0.1, 0.15) is 22.2 Å². The zero-order valence-corrected chi connectivity index (χ0v) is 18.8. The maximum atomic E-state index is 12.2. The molecule has 1 aromatic carbocycles. The van der Waals surface area contributed by atoms with Crippen molar-refractivity contribution in [1.29, 1.82) is 0 Å². The number of aromatic nitrogens is 1. The predicted molar refractivity (Wildman–Crippen MR) is 115 cm³/mol. The van der Waals surface area contributed by atoms with Crippen LogP contribution in [0.1, 0.15) is 34.8 Å². The van der Waals surface area contributed by atoms with Gasteiger partial charge in [0.15, 0.2) is 6.61 Å². The maximum absolute atomic E-state index is 12.2. The van der Waals surface area contributed by atoms with E-state index in [0.29, 0.717) is 30.9 Å². The molecule has 0 spiro atoms. The van der Waals surface area contributed by atoms with Crippen molar-refractivity contribution in [3.05, 3.63) is 40.3 Å². The molecule has 2 heterocycles. The Bertz CT molecular complexity index is 997. The van der Waals surface area contributed by atoms with Gasteiger partial charge < -0.3 is 25.0 Å². The van der Waals surface area contributed by atoms with Crippen LogP contribution in [0.15, 0.2) is 29.6 Å². The Labute approximate surface area is 197 Å². The Hall–Kier alpha value is -3.35. The van der Waals surface area contributed by atoms with Crippen molar-refractivity contribution in [2.24, 2.45) is 0 Å². The molecule has 1 saturated heterocycles. The second kappa shape index (κ2) is 11.7. The molecule has 9 nitrogen and oxygen atoms in total. The topological polar surface area (TPSA) is 110 Å². The SMILES string of the molecule is O=C(COc1ccc(OC(F)(F)F)cc1)NCc1nc(C(=O)NCCCN2CCCC2=O)cs1. The molecule has 1 fully saturated rings. The first-order valence-corrected chi connectivity index (χ1v) is 11.3. The van der Waals surface area contributed by atoms with Crippen LogP contribution >= 0.6 is 11.3 Å². The maximum Gasteiger partial charge on any atom is 0.573 e. The second-order valence-corrected chi connectivity index (χ2v) is 8.25. The minimum absolute atomic E-state index is 0.0928. The highest BCUT2D eigenvalue weighted by Gasteiger charge is 2.31. The van der Waals surface area contributed by atoms with Gasteiger partial charge in [-0.15, -0.1) is 24.5 Å². The number of nitrogens with zero attached hydrogens (tertiary/aromatic N) is 2. The van der Waals surface area contributed by atoms with Crippen molar-refractivity contribution in [3.8, 4) is 11.5 Å². The first kappa shape index (κ1) is 25.3. The lowest BCUT2D eigenvalue weighted by molar-refractivity contribution is -0.274. The van der Waals surface area contributed by atoms with E-state index in [0.717, 1.165) is 25.1 Å². The third-order valence-electron chi connectivity index (χ3n) is 4.71. The van der Waals surface area contributed by atoms with Crippen LogP contribution in [0.3, 0.4) is 0 Å². The molecule has 0 radical (unpaired) electrons. The van der Waals surface area contributed by atoms with E-state index < -0.39 is 18.0 Å². The lowest BCUT2D eigenvalue weighted by atomic mass is 10.3. The minimum Gasteiger partial charge on any atom is -0.484 e. The summed E-state index contributed by atoms with van der Waals surface area (Å²) in [5, 5.41) is 7.46. The first-order valence-electron chi connectivity index (χ1n) is 10.5. The van der Waals surface area contributed by atoms with Crippen LogP contribution in [0.4, 0.5) is 13.2 Å². The molecule has 34 heavy (non-hydrogen) atoms. The summed E-state index contributed by atoms with van der Waals surface area (Å²) in [6.07, 6.45) is -2.66. The highest BCUT2D eigenvalue weighted by molar-refractivity contribution is 7.09. The molecule has 0 bridgehead atoms. The predicted octanol–water partition coefficient (Wildman–Crippen LogP) is 2.48. The molecule has 1 aliphatic rings. The molecule has 1 aromatic heterocycles. The molecule has 0 atom stereocenters. The van der Waals surface area contributed by atoms with Gasteiger partial charge >= 0.3 is 6.36 Å². The van der Waals surface area contributed by atoms with Crippen LogP contribution in [0.2, 0.25) is 0 Å². The van der Waals surface area contributed by atoms with Crippen molar-refractivity contribution >= 4 is 29.1 Å². The Morgan fingerprint density at radius 2 is 1.88 bits per heavy atom. The number of ether oxygens (including phenoxy) is 2. The number of amides is 3. The largest absolute Gasteiger partial charge is 0.573 e. The number of rotatable bonds is 11. The average molecular weight is 500 g/mol. The van der Waals surface area contributed by atoms with Gasteiger partial charge in [-0.1, -0.05) is 0 Å². The van der Waals surface area contributed by atoms with Gasteiger partial charge in [0.05, 0.1) is 6.54 Å². The number of thiazole rings is 1. The van der Waals surface area contributed by atoms with E-state index in [1.54, 1.807) is 10.3 Å². The number of alkyl halides is 3. The zero-order valence-electron chi connectivity index (χ0n) is 18.0. The lowest BCUT2D eigenvalue weighted by Gasteiger charge is -2.15. The summed E-state index contributed by atoms with van der Waals surface area (Å²) in [7, 11) is 0. The minimum atomic E-state index is -4.78. The molecule has 3 rings (SSSR count). The van der Waals surface area contributed by atoms with Crippen LogP contribution in [0.5, 0.6) is 11.5 Å². The Kier molecular flexibility index (Phi) is 8.68. The van der Waals surface area contributed by atoms with Gasteiger partial charge in [-0.05, 0) is 37.1 Å². The summed E-state index contributed by atoms with van der Waals surface area (Å²) in [6, 6.07) is 4.66. The third kappa shape index (κ3) is 8.21. The highest BCUT2D eigenvalue weighted by atomic mass is 32.1. The quantitative estimate of drug-likeness (QED) is 0.459. The van der Waals surface area contributed by atoms with Gasteiger partial charge in [-0.25, -0.2) is 4.98 Å². The first-order chi connectivity index (χ1) is 16.2. The summed E-state index contributed by atoms with van der Waals surface area (Å²) in [5.74, 6) is -0.839. The molecule has 0 unspecified atom stereocenters. The van der Waals surface area contributed by atoms with Crippen LogP contribution < -0.4 is 20.1 Å². The van der Waals surface area contributed by atoms with Crippen molar-refractivity contribution < 1.29 is 37.0 Å². The van der Waals surface area contributed by atoms with Crippen LogP contribution in [-0.2, 0) is 16.1 Å². The second-order valence-electron chi connectivity index (χ2n) is 7.30. The smallest absolute Gasteiger partial charge is 0.484 e. The van der Waals surface area contributed by atoms with Crippen molar-refractivity contribution in [2.45, 2.75) is 32.2 Å². The number of hydrogen-bond donors (Lipinski definition) is 2. The molecule has 2 aromatic rings. The van der Waals surface area contributed by atoms with Gasteiger partial charge in [-0.3, -0.25) is 14.4 Å². The third-order valence-corrected chi connectivity index (χ3v) is 5.56. The van der Waals surface area contributed by atoms with Crippen LogP contribution in [0.25, 0.3) is 0 Å². The molecular formula is C21H23F3N4O5S. The fraction of sp³-hybridized carbons (Fsp3) is 0.429.